The van der Waals surface area contributed by atoms with Gasteiger partial charge in [-0.3, -0.25) is 9.48 Å². The number of nitrogens with zero attached hydrogens (tertiary/aromatic N) is 5. The van der Waals surface area contributed by atoms with Crippen molar-refractivity contribution in [3.05, 3.63) is 41.5 Å². The molecule has 0 atom stereocenters. The molecule has 0 aliphatic heterocycles. The van der Waals surface area contributed by atoms with Crippen LogP contribution in [0.1, 0.15) is 17.7 Å². The van der Waals surface area contributed by atoms with Gasteiger partial charge in [0.25, 0.3) is 0 Å². The second kappa shape index (κ2) is 10.3. The first-order valence-corrected chi connectivity index (χ1v) is 10.6. The van der Waals surface area contributed by atoms with Crippen LogP contribution in [0.2, 0.25) is 0 Å². The zero-order valence-corrected chi connectivity index (χ0v) is 19.6. The van der Waals surface area contributed by atoms with Crippen LogP contribution < -0.4 is 15.5 Å². The molecule has 0 saturated heterocycles. The molecule has 1 aromatic carbocycles. The molecule has 9 nitrogen and oxygen atoms in total. The van der Waals surface area contributed by atoms with Crippen LogP contribution in [0, 0.1) is 12.7 Å². The third kappa shape index (κ3) is 5.67. The molecule has 0 saturated carbocycles. The van der Waals surface area contributed by atoms with Crippen molar-refractivity contribution in [1.29, 1.82) is 0 Å². The Kier molecular flexibility index (Phi) is 7.58. The summed E-state index contributed by atoms with van der Waals surface area (Å²) in [6, 6.07) is 0.813. The number of alkyl halides is 3. The van der Waals surface area contributed by atoms with Gasteiger partial charge >= 0.3 is 12.2 Å². The van der Waals surface area contributed by atoms with Crippen molar-refractivity contribution in [2.45, 2.75) is 19.5 Å². The van der Waals surface area contributed by atoms with E-state index in [0.717, 1.165) is 19.0 Å². The van der Waals surface area contributed by atoms with Gasteiger partial charge in [0, 0.05) is 13.6 Å². The summed E-state index contributed by atoms with van der Waals surface area (Å²) in [5.41, 5.74) is -0.134. The first-order valence-electron chi connectivity index (χ1n) is 10.6. The maximum atomic E-state index is 13.7. The average Bonchev–Trinajstić information content (AvgIpc) is 3.06. The summed E-state index contributed by atoms with van der Waals surface area (Å²) in [7, 11) is 5.60. The Morgan fingerprint density at radius 3 is 2.60 bits per heavy atom. The van der Waals surface area contributed by atoms with Gasteiger partial charge in [-0.25, -0.2) is 19.1 Å². The van der Waals surface area contributed by atoms with Crippen LogP contribution in [-0.2, 0) is 18.0 Å². The van der Waals surface area contributed by atoms with Gasteiger partial charge in [-0.2, -0.15) is 18.3 Å². The molecule has 0 aliphatic carbocycles. The topological polar surface area (TPSA) is 95.4 Å². The van der Waals surface area contributed by atoms with Crippen LogP contribution in [0.5, 0.6) is 0 Å². The fraction of sp³-hybridized carbons (Fsp3) is 0.364. The first-order chi connectivity index (χ1) is 16.4. The number of aromatic nitrogens is 3. The largest absolute Gasteiger partial charge is 0.419 e. The zero-order chi connectivity index (χ0) is 25.9. The molecular weight excluding hydrogens is 470 g/mol. The number of hydrogen-bond donors (Lipinski definition) is 2. The van der Waals surface area contributed by atoms with E-state index < -0.39 is 29.3 Å². The van der Waals surface area contributed by atoms with Crippen molar-refractivity contribution in [3.8, 4) is 0 Å². The smallest absolute Gasteiger partial charge is 0.383 e. The summed E-state index contributed by atoms with van der Waals surface area (Å²) in [6.45, 7) is 3.12. The third-order valence-electron chi connectivity index (χ3n) is 5.21. The first kappa shape index (κ1) is 25.9. The second-order valence-electron chi connectivity index (χ2n) is 8.11. The highest BCUT2D eigenvalue weighted by Gasteiger charge is 2.35. The molecule has 188 valence electrons. The number of imide groups is 1. The van der Waals surface area contributed by atoms with Crippen LogP contribution in [0.3, 0.4) is 0 Å². The molecule has 2 heterocycles. The number of anilines is 3. The molecule has 2 N–H and O–H groups in total. The lowest BCUT2D eigenvalue weighted by Crippen LogP contribution is -2.34. The van der Waals surface area contributed by atoms with Crippen molar-refractivity contribution >= 4 is 40.5 Å². The third-order valence-corrected chi connectivity index (χ3v) is 5.21. The maximum absolute atomic E-state index is 13.7. The number of hydrogen-bond acceptors (Lipinski definition) is 6. The molecule has 0 fully saturated rings. The Labute approximate surface area is 198 Å². The number of urea groups is 1. The molecule has 0 aliphatic rings. The van der Waals surface area contributed by atoms with Crippen LogP contribution in [0.15, 0.2) is 24.4 Å². The minimum Gasteiger partial charge on any atom is -0.383 e. The molecule has 3 amide bonds. The Hall–Kier alpha value is -3.74. The number of fused-ring (bicyclic) bond motifs is 1. The minimum absolute atomic E-state index is 0.0498. The van der Waals surface area contributed by atoms with Crippen LogP contribution >= 0.6 is 0 Å². The number of pyridine rings is 1. The van der Waals surface area contributed by atoms with Crippen molar-refractivity contribution in [1.82, 2.24) is 19.7 Å². The molecule has 3 aromatic rings. The highest BCUT2D eigenvalue weighted by molar-refractivity contribution is 6.14. The molecule has 0 bridgehead atoms. The van der Waals surface area contributed by atoms with Gasteiger partial charge in [0.1, 0.15) is 5.82 Å². The normalized spacial score (nSPS) is 11.7. The minimum atomic E-state index is -5.00. The standard InChI is InChI=1S/C22H25F4N7O2/c1-13-18-19(27-8-5-9-31(2)3)17(11-28-20(18)32(4)30-13)29-21(35)33(12-34)14-6-7-16(23)15(10-14)22(24,25)26/h6-7,10-12H,5,8-9H2,1-4H3,(H,27,28)(H,29,35). The predicted octanol–water partition coefficient (Wildman–Crippen LogP) is 3.99. The monoisotopic (exact) mass is 495 g/mol. The van der Waals surface area contributed by atoms with Crippen LogP contribution in [0.4, 0.5) is 39.4 Å². The molecule has 35 heavy (non-hydrogen) atoms. The fourth-order valence-electron chi connectivity index (χ4n) is 3.58. The zero-order valence-electron chi connectivity index (χ0n) is 19.6. The summed E-state index contributed by atoms with van der Waals surface area (Å²) in [5, 5.41) is 10.8. The summed E-state index contributed by atoms with van der Waals surface area (Å²) < 4.78 is 54.6. The van der Waals surface area contributed by atoms with Crippen molar-refractivity contribution in [3.63, 3.8) is 0 Å². The number of aryl methyl sites for hydroxylation is 2. The summed E-state index contributed by atoms with van der Waals surface area (Å²) in [5.74, 6) is -1.52. The molecule has 3 rings (SSSR count). The van der Waals surface area contributed by atoms with E-state index >= 15 is 0 Å². The molecule has 0 radical (unpaired) electrons. The number of rotatable bonds is 8. The Bertz CT molecular complexity index is 1240. The molecular formula is C22H25F4N7O2. The van der Waals surface area contributed by atoms with Crippen LogP contribution in [-0.4, -0.2) is 59.3 Å². The Morgan fingerprint density at radius 1 is 1.26 bits per heavy atom. The van der Waals surface area contributed by atoms with Gasteiger partial charge in [0.2, 0.25) is 6.41 Å². The maximum Gasteiger partial charge on any atom is 0.419 e. The number of benzene rings is 1. The molecule has 13 heteroatoms. The highest BCUT2D eigenvalue weighted by atomic mass is 19.4. The summed E-state index contributed by atoms with van der Waals surface area (Å²) in [6.07, 6.45) is -2.81. The lowest BCUT2D eigenvalue weighted by Gasteiger charge is -2.20. The number of nitrogens with one attached hydrogen (secondary N) is 2. The van der Waals surface area contributed by atoms with E-state index in [1.54, 1.807) is 18.7 Å². The van der Waals surface area contributed by atoms with Crippen LogP contribution in [0.25, 0.3) is 11.0 Å². The fourth-order valence-corrected chi connectivity index (χ4v) is 3.58. The van der Waals surface area contributed by atoms with Gasteiger partial charge in [-0.1, -0.05) is 0 Å². The number of carbonyl (C=O) groups excluding carboxylic acids is 2. The summed E-state index contributed by atoms with van der Waals surface area (Å²) >= 11 is 0. The van der Waals surface area contributed by atoms with E-state index in [1.807, 2.05) is 19.0 Å². The number of halogens is 4. The van der Waals surface area contributed by atoms with Gasteiger partial charge < -0.3 is 15.5 Å². The van der Waals surface area contributed by atoms with Crippen molar-refractivity contribution in [2.24, 2.45) is 7.05 Å². The SMILES string of the molecule is Cc1nn(C)c2ncc(NC(=O)N(C=O)c3ccc(F)c(C(F)(F)F)c3)c(NCCCN(C)C)c12. The quantitative estimate of drug-likeness (QED) is 0.279. The van der Waals surface area contributed by atoms with E-state index in [0.29, 0.717) is 46.0 Å². The Morgan fingerprint density at radius 2 is 1.97 bits per heavy atom. The highest BCUT2D eigenvalue weighted by Crippen LogP contribution is 2.35. The molecule has 2 aromatic heterocycles. The van der Waals surface area contributed by atoms with E-state index in [-0.39, 0.29) is 12.1 Å². The van der Waals surface area contributed by atoms with E-state index in [9.17, 15) is 27.2 Å². The predicted molar refractivity (Wildman–Crippen MR) is 124 cm³/mol. The van der Waals surface area contributed by atoms with Gasteiger partial charge in [-0.15, -0.1) is 0 Å². The van der Waals surface area contributed by atoms with E-state index in [4.69, 9.17) is 0 Å². The van der Waals surface area contributed by atoms with Gasteiger partial charge in [0.15, 0.2) is 5.65 Å². The summed E-state index contributed by atoms with van der Waals surface area (Å²) in [4.78, 5) is 31.3. The van der Waals surface area contributed by atoms with Gasteiger partial charge in [-0.05, 0) is 52.2 Å². The van der Waals surface area contributed by atoms with Crippen molar-refractivity contribution < 1.29 is 27.2 Å². The van der Waals surface area contributed by atoms with E-state index in [2.05, 4.69) is 20.7 Å². The Balaban J connectivity index is 1.95. The van der Waals surface area contributed by atoms with E-state index in [1.165, 1.54) is 6.20 Å². The second-order valence-corrected chi connectivity index (χ2v) is 8.11. The lowest BCUT2D eigenvalue weighted by molar-refractivity contribution is -0.140. The van der Waals surface area contributed by atoms with Crippen molar-refractivity contribution in [2.75, 3.05) is 42.7 Å². The van der Waals surface area contributed by atoms with Gasteiger partial charge in [0.05, 0.1) is 39.9 Å². The number of carbonyl (C=O) groups is 2. The lowest BCUT2D eigenvalue weighted by atomic mass is 10.1. The molecule has 0 unspecified atom stereocenters. The average molecular weight is 495 g/mol. The number of amides is 3. The molecule has 0 spiro atoms.